The molecule has 4 rings (SSSR count). The van der Waals surface area contributed by atoms with Gasteiger partial charge in [-0.3, -0.25) is 4.74 Å². The molecule has 8 heteroatoms. The van der Waals surface area contributed by atoms with Crippen molar-refractivity contribution in [3.05, 3.63) is 120 Å². The zero-order valence-corrected chi connectivity index (χ0v) is 22.1. The zero-order chi connectivity index (χ0) is 27.1. The first-order chi connectivity index (χ1) is 18.4. The molecular weight excluding hydrogens is 501 g/mol. The van der Waals surface area contributed by atoms with Crippen molar-refractivity contribution < 1.29 is 28.6 Å². The van der Waals surface area contributed by atoms with Crippen molar-refractivity contribution in [1.29, 1.82) is 0 Å². The van der Waals surface area contributed by atoms with Crippen molar-refractivity contribution in [3.63, 3.8) is 0 Å². The van der Waals surface area contributed by atoms with Crippen LogP contribution in [0.2, 0.25) is 0 Å². The van der Waals surface area contributed by atoms with Gasteiger partial charge >= 0.3 is 17.9 Å². The zero-order valence-electron chi connectivity index (χ0n) is 21.2. The fourth-order valence-corrected chi connectivity index (χ4v) is 7.54. The first-order valence-corrected chi connectivity index (χ1v) is 13.4. The van der Waals surface area contributed by atoms with Crippen molar-refractivity contribution in [3.8, 4) is 0 Å². The summed E-state index contributed by atoms with van der Waals surface area (Å²) in [6.45, 7) is 0. The molecular formula is C30H26NO6P. The van der Waals surface area contributed by atoms with E-state index >= 15 is 0 Å². The number of hydrogen-bond donors (Lipinski definition) is 0. The van der Waals surface area contributed by atoms with Crippen LogP contribution in [0.3, 0.4) is 0 Å². The fraction of sp³-hybridized carbons (Fsp3) is 0.100. The van der Waals surface area contributed by atoms with Gasteiger partial charge in [-0.25, -0.2) is 14.4 Å². The van der Waals surface area contributed by atoms with Crippen LogP contribution in [0.4, 0.5) is 5.69 Å². The lowest BCUT2D eigenvalue weighted by Gasteiger charge is -2.27. The summed E-state index contributed by atoms with van der Waals surface area (Å²) in [4.78, 5) is 36.4. The number of rotatable bonds is 7. The minimum absolute atomic E-state index is 0.413. The van der Waals surface area contributed by atoms with Gasteiger partial charge in [0.1, 0.15) is 0 Å². The third-order valence-corrected chi connectivity index (χ3v) is 9.68. The van der Waals surface area contributed by atoms with Crippen molar-refractivity contribution >= 4 is 46.6 Å². The van der Waals surface area contributed by atoms with Gasteiger partial charge in [0.25, 0.3) is 0 Å². The van der Waals surface area contributed by atoms with Crippen LogP contribution in [0, 0.1) is 0 Å². The van der Waals surface area contributed by atoms with E-state index in [1.165, 1.54) is 21.3 Å². The second kappa shape index (κ2) is 11.7. The molecule has 0 aromatic heterocycles. The maximum Gasteiger partial charge on any atom is 0.337 e. The summed E-state index contributed by atoms with van der Waals surface area (Å²) < 4.78 is 20.0. The van der Waals surface area contributed by atoms with Gasteiger partial charge in [0.15, 0.2) is 0 Å². The Morgan fingerprint density at radius 1 is 0.500 bits per heavy atom. The Bertz CT molecular complexity index is 1340. The van der Waals surface area contributed by atoms with E-state index in [2.05, 4.69) is 0 Å². The fourth-order valence-electron chi connectivity index (χ4n) is 4.08. The molecule has 38 heavy (non-hydrogen) atoms. The highest BCUT2D eigenvalue weighted by Gasteiger charge is 2.29. The van der Waals surface area contributed by atoms with E-state index in [1.807, 2.05) is 66.7 Å². The van der Waals surface area contributed by atoms with Gasteiger partial charge in [-0.2, -0.15) is 0 Å². The molecule has 0 amide bonds. The van der Waals surface area contributed by atoms with E-state index in [1.54, 1.807) is 36.4 Å². The summed E-state index contributed by atoms with van der Waals surface area (Å²) in [5.41, 5.74) is 2.00. The van der Waals surface area contributed by atoms with Gasteiger partial charge < -0.3 is 14.2 Å². The Hall–Kier alpha value is -4.48. The van der Waals surface area contributed by atoms with Crippen LogP contribution in [0.1, 0.15) is 31.1 Å². The quantitative estimate of drug-likeness (QED) is 0.194. The Morgan fingerprint density at radius 2 is 0.816 bits per heavy atom. The summed E-state index contributed by atoms with van der Waals surface area (Å²) in [6.07, 6.45) is 0. The summed E-state index contributed by atoms with van der Waals surface area (Å²) in [7, 11) is 1.23. The number of hydrogen-bond acceptors (Lipinski definition) is 7. The predicted molar refractivity (Wildman–Crippen MR) is 148 cm³/mol. The van der Waals surface area contributed by atoms with Crippen LogP contribution >= 0.6 is 7.05 Å². The second-order valence-corrected chi connectivity index (χ2v) is 11.2. The SMILES string of the molecule is COC(=O)c1ccc(P(=Nc2ccccc2)(c2ccc(C(=O)OC)cc2)c2ccc(C(=O)OC)cc2)cc1. The van der Waals surface area contributed by atoms with E-state index in [0.29, 0.717) is 16.7 Å². The maximum atomic E-state index is 12.1. The predicted octanol–water partition coefficient (Wildman–Crippen LogP) is 4.86. The molecule has 0 bridgehead atoms. The molecule has 4 aromatic rings. The highest BCUT2D eigenvalue weighted by atomic mass is 31.2. The van der Waals surface area contributed by atoms with Crippen molar-refractivity contribution in [2.75, 3.05) is 21.3 Å². The molecule has 0 N–H and O–H groups in total. The molecule has 4 aromatic carbocycles. The van der Waals surface area contributed by atoms with Crippen LogP contribution < -0.4 is 15.9 Å². The molecule has 0 radical (unpaired) electrons. The lowest BCUT2D eigenvalue weighted by molar-refractivity contribution is 0.0592. The minimum Gasteiger partial charge on any atom is -0.465 e. The van der Waals surface area contributed by atoms with Gasteiger partial charge in [0.2, 0.25) is 0 Å². The number of carbonyl (C=O) groups excluding carboxylic acids is 3. The van der Waals surface area contributed by atoms with Crippen molar-refractivity contribution in [1.82, 2.24) is 0 Å². The standard InChI is InChI=1S/C30H26NO6P/c1-35-28(32)21-9-15-25(16-10-21)38(31-24-7-5-4-6-8-24,26-17-11-22(12-18-26)29(33)36-2)27-19-13-23(14-20-27)30(34)37-3/h4-20H,1-3H3. The average Bonchev–Trinajstić information content (AvgIpc) is 2.99. The van der Waals surface area contributed by atoms with Gasteiger partial charge in [0.05, 0.1) is 50.8 Å². The van der Waals surface area contributed by atoms with Crippen LogP contribution in [-0.4, -0.2) is 39.2 Å². The normalized spacial score (nSPS) is 10.8. The molecule has 0 aliphatic rings. The monoisotopic (exact) mass is 527 g/mol. The summed E-state index contributed by atoms with van der Waals surface area (Å²) >= 11 is 0. The van der Waals surface area contributed by atoms with Crippen LogP contribution in [0.15, 0.2) is 108 Å². The first-order valence-electron chi connectivity index (χ1n) is 11.7. The summed E-state index contributed by atoms with van der Waals surface area (Å²) in [5.74, 6) is -1.32. The number of ether oxygens (including phenoxy) is 3. The average molecular weight is 528 g/mol. The summed E-state index contributed by atoms with van der Waals surface area (Å²) in [5, 5.41) is 2.60. The lowest BCUT2D eigenvalue weighted by Crippen LogP contribution is -2.26. The van der Waals surface area contributed by atoms with Crippen molar-refractivity contribution in [2.24, 2.45) is 4.74 Å². The first kappa shape index (κ1) is 26.6. The van der Waals surface area contributed by atoms with E-state index in [0.717, 1.165) is 21.6 Å². The Labute approximate surface area is 221 Å². The van der Waals surface area contributed by atoms with E-state index in [9.17, 15) is 14.4 Å². The molecule has 0 fully saturated rings. The smallest absolute Gasteiger partial charge is 0.337 e. The third kappa shape index (κ3) is 5.29. The number of methoxy groups -OCH3 is 3. The number of nitrogens with zero attached hydrogens (tertiary/aromatic N) is 1. The number of carbonyl (C=O) groups is 3. The highest BCUT2D eigenvalue weighted by Crippen LogP contribution is 2.49. The lowest BCUT2D eigenvalue weighted by atomic mass is 10.2. The van der Waals surface area contributed by atoms with Gasteiger partial charge in [-0.1, -0.05) is 54.6 Å². The Kier molecular flexibility index (Phi) is 8.19. The van der Waals surface area contributed by atoms with E-state index in [-0.39, 0.29) is 0 Å². The van der Waals surface area contributed by atoms with Gasteiger partial charge in [-0.05, 0) is 48.5 Å². The van der Waals surface area contributed by atoms with Gasteiger partial charge in [-0.15, -0.1) is 0 Å². The van der Waals surface area contributed by atoms with Crippen LogP contribution in [-0.2, 0) is 14.2 Å². The largest absolute Gasteiger partial charge is 0.465 e. The molecule has 0 unspecified atom stereocenters. The Morgan fingerprint density at radius 3 is 1.11 bits per heavy atom. The molecule has 0 aliphatic carbocycles. The number of esters is 3. The molecule has 0 atom stereocenters. The molecule has 0 aliphatic heterocycles. The summed E-state index contributed by atoms with van der Waals surface area (Å²) in [6, 6.07) is 31.1. The third-order valence-electron chi connectivity index (χ3n) is 6.01. The molecule has 0 saturated heterocycles. The maximum absolute atomic E-state index is 12.1. The van der Waals surface area contributed by atoms with E-state index in [4.69, 9.17) is 19.0 Å². The Balaban J connectivity index is 2.05. The van der Waals surface area contributed by atoms with Crippen molar-refractivity contribution in [2.45, 2.75) is 0 Å². The topological polar surface area (TPSA) is 91.3 Å². The highest BCUT2D eigenvalue weighted by molar-refractivity contribution is 7.87. The molecule has 7 nitrogen and oxygen atoms in total. The van der Waals surface area contributed by atoms with Crippen LogP contribution in [0.5, 0.6) is 0 Å². The second-order valence-electron chi connectivity index (χ2n) is 8.19. The van der Waals surface area contributed by atoms with Crippen LogP contribution in [0.25, 0.3) is 0 Å². The van der Waals surface area contributed by atoms with E-state index < -0.39 is 25.0 Å². The van der Waals surface area contributed by atoms with Gasteiger partial charge in [0, 0.05) is 15.9 Å². The molecule has 0 spiro atoms. The molecule has 192 valence electrons. The molecule has 0 saturated carbocycles. The number of benzene rings is 4. The minimum atomic E-state index is -2.78. The molecule has 0 heterocycles.